The SMILES string of the molecule is Cc1ccc(CNc2nc(NN)c(F)cc2F)cn1. The summed E-state index contributed by atoms with van der Waals surface area (Å²) in [6, 6.07) is 4.43. The van der Waals surface area contributed by atoms with E-state index in [0.29, 0.717) is 6.54 Å². The Kier molecular flexibility index (Phi) is 3.86. The Morgan fingerprint density at radius 2 is 1.95 bits per heavy atom. The molecule has 0 fully saturated rings. The van der Waals surface area contributed by atoms with Gasteiger partial charge in [-0.05, 0) is 18.6 Å². The van der Waals surface area contributed by atoms with Crippen molar-refractivity contribution in [1.29, 1.82) is 0 Å². The van der Waals surface area contributed by atoms with Gasteiger partial charge in [-0.1, -0.05) is 6.07 Å². The fourth-order valence-electron chi connectivity index (χ4n) is 1.48. The average Bonchev–Trinajstić information content (AvgIpc) is 2.40. The van der Waals surface area contributed by atoms with Crippen LogP contribution in [0.2, 0.25) is 0 Å². The van der Waals surface area contributed by atoms with Crippen molar-refractivity contribution in [3.63, 3.8) is 0 Å². The highest BCUT2D eigenvalue weighted by Gasteiger charge is 2.10. The third-order valence-corrected chi connectivity index (χ3v) is 2.50. The van der Waals surface area contributed by atoms with Crippen molar-refractivity contribution in [3.8, 4) is 0 Å². The van der Waals surface area contributed by atoms with Crippen LogP contribution in [0.25, 0.3) is 0 Å². The van der Waals surface area contributed by atoms with Crippen molar-refractivity contribution in [1.82, 2.24) is 9.97 Å². The zero-order valence-electron chi connectivity index (χ0n) is 10.2. The van der Waals surface area contributed by atoms with E-state index in [1.54, 1.807) is 6.20 Å². The van der Waals surface area contributed by atoms with Crippen molar-refractivity contribution < 1.29 is 8.78 Å². The predicted octanol–water partition coefficient (Wildman–Crippen LogP) is 1.96. The number of nitrogen functional groups attached to an aromatic ring is 1. The minimum atomic E-state index is -0.845. The normalized spacial score (nSPS) is 10.3. The molecule has 0 saturated carbocycles. The van der Waals surface area contributed by atoms with Crippen LogP contribution >= 0.6 is 0 Å². The van der Waals surface area contributed by atoms with Gasteiger partial charge in [0.25, 0.3) is 0 Å². The third-order valence-electron chi connectivity index (χ3n) is 2.50. The first-order valence-electron chi connectivity index (χ1n) is 5.58. The highest BCUT2D eigenvalue weighted by Crippen LogP contribution is 2.18. The molecule has 0 unspecified atom stereocenters. The van der Waals surface area contributed by atoms with Gasteiger partial charge in [-0.15, -0.1) is 0 Å². The fraction of sp³-hybridized carbons (Fsp3) is 0.167. The number of nitrogens with one attached hydrogen (secondary N) is 2. The van der Waals surface area contributed by atoms with Gasteiger partial charge in [0.15, 0.2) is 23.3 Å². The summed E-state index contributed by atoms with van der Waals surface area (Å²) >= 11 is 0. The molecule has 7 heteroatoms. The van der Waals surface area contributed by atoms with Gasteiger partial charge in [-0.3, -0.25) is 4.98 Å². The average molecular weight is 265 g/mol. The number of nitrogens with zero attached hydrogens (tertiary/aromatic N) is 2. The molecular weight excluding hydrogens is 252 g/mol. The molecule has 4 N–H and O–H groups in total. The molecule has 2 aromatic rings. The lowest BCUT2D eigenvalue weighted by molar-refractivity contribution is 0.578. The lowest BCUT2D eigenvalue weighted by Gasteiger charge is -2.09. The number of hydrogen-bond donors (Lipinski definition) is 3. The Bertz CT molecular complexity index is 571. The third kappa shape index (κ3) is 3.14. The van der Waals surface area contributed by atoms with E-state index in [9.17, 15) is 8.78 Å². The zero-order valence-corrected chi connectivity index (χ0v) is 10.2. The highest BCUT2D eigenvalue weighted by atomic mass is 19.1. The number of rotatable bonds is 4. The van der Waals surface area contributed by atoms with Gasteiger partial charge >= 0.3 is 0 Å². The summed E-state index contributed by atoms with van der Waals surface area (Å²) in [5.74, 6) is 3.16. The van der Waals surface area contributed by atoms with E-state index in [1.807, 2.05) is 19.1 Å². The molecule has 0 atom stereocenters. The summed E-state index contributed by atoms with van der Waals surface area (Å²) in [4.78, 5) is 7.82. The second-order valence-electron chi connectivity index (χ2n) is 3.95. The predicted molar refractivity (Wildman–Crippen MR) is 68.3 cm³/mol. The quantitative estimate of drug-likeness (QED) is 0.582. The van der Waals surface area contributed by atoms with Crippen LogP contribution in [-0.4, -0.2) is 9.97 Å². The van der Waals surface area contributed by atoms with Crippen molar-refractivity contribution in [2.45, 2.75) is 13.5 Å². The number of halogens is 2. The van der Waals surface area contributed by atoms with Gasteiger partial charge in [0.2, 0.25) is 0 Å². The number of pyridine rings is 2. The molecule has 0 aliphatic heterocycles. The summed E-state index contributed by atoms with van der Waals surface area (Å²) < 4.78 is 26.6. The van der Waals surface area contributed by atoms with Gasteiger partial charge in [-0.2, -0.15) is 0 Å². The lowest BCUT2D eigenvalue weighted by atomic mass is 10.2. The second kappa shape index (κ2) is 5.57. The van der Waals surface area contributed by atoms with Gasteiger partial charge in [0.05, 0.1) is 0 Å². The van der Waals surface area contributed by atoms with E-state index in [-0.39, 0.29) is 11.6 Å². The topological polar surface area (TPSA) is 75.9 Å². The number of anilines is 2. The van der Waals surface area contributed by atoms with Gasteiger partial charge < -0.3 is 10.7 Å². The maximum absolute atomic E-state index is 13.5. The Labute approximate surface area is 108 Å². The van der Waals surface area contributed by atoms with Gasteiger partial charge in [-0.25, -0.2) is 19.6 Å². The minimum Gasteiger partial charge on any atom is -0.363 e. The molecule has 5 nitrogen and oxygen atoms in total. The molecule has 0 radical (unpaired) electrons. The molecule has 0 bridgehead atoms. The van der Waals surface area contributed by atoms with Gasteiger partial charge in [0.1, 0.15) is 0 Å². The largest absolute Gasteiger partial charge is 0.363 e. The van der Waals surface area contributed by atoms with Crippen LogP contribution in [0.5, 0.6) is 0 Å². The molecular formula is C12H13F2N5. The molecule has 2 heterocycles. The number of aryl methyl sites for hydroxylation is 1. The maximum Gasteiger partial charge on any atom is 0.178 e. The van der Waals surface area contributed by atoms with Crippen molar-refractivity contribution in [2.75, 3.05) is 10.7 Å². The summed E-state index contributed by atoms with van der Waals surface area (Å²) in [7, 11) is 0. The van der Waals surface area contributed by atoms with E-state index in [0.717, 1.165) is 17.3 Å². The van der Waals surface area contributed by atoms with E-state index >= 15 is 0 Å². The van der Waals surface area contributed by atoms with E-state index in [4.69, 9.17) is 5.84 Å². The Balaban J connectivity index is 2.13. The van der Waals surface area contributed by atoms with Crippen LogP contribution in [0.4, 0.5) is 20.4 Å². The van der Waals surface area contributed by atoms with E-state index in [2.05, 4.69) is 20.7 Å². The molecule has 19 heavy (non-hydrogen) atoms. The van der Waals surface area contributed by atoms with E-state index < -0.39 is 11.6 Å². The Hall–Kier alpha value is -2.28. The summed E-state index contributed by atoms with van der Waals surface area (Å²) in [6.45, 7) is 2.20. The van der Waals surface area contributed by atoms with Crippen molar-refractivity contribution >= 4 is 11.6 Å². The van der Waals surface area contributed by atoms with Crippen molar-refractivity contribution in [3.05, 3.63) is 47.3 Å². The summed E-state index contributed by atoms with van der Waals surface area (Å²) in [5, 5.41) is 2.76. The molecule has 2 aromatic heterocycles. The summed E-state index contributed by atoms with van der Waals surface area (Å²) in [5.41, 5.74) is 3.82. The zero-order chi connectivity index (χ0) is 13.8. The van der Waals surface area contributed by atoms with Crippen LogP contribution in [-0.2, 0) is 6.54 Å². The van der Waals surface area contributed by atoms with Crippen LogP contribution in [0.1, 0.15) is 11.3 Å². The standard InChI is InChI=1S/C12H13F2N5/c1-7-2-3-8(5-16-7)6-17-11-9(13)4-10(14)12(18-11)19-15/h2-5H,6,15H2,1H3,(H2,17,18,19). The first kappa shape index (κ1) is 13.2. The van der Waals surface area contributed by atoms with Crippen LogP contribution in [0.3, 0.4) is 0 Å². The molecule has 0 aliphatic carbocycles. The number of nitrogens with two attached hydrogens (primary N) is 1. The molecule has 0 amide bonds. The monoisotopic (exact) mass is 265 g/mol. The summed E-state index contributed by atoms with van der Waals surface area (Å²) in [6.07, 6.45) is 1.67. The molecule has 0 aliphatic rings. The molecule has 2 rings (SSSR count). The number of hydrogen-bond acceptors (Lipinski definition) is 5. The van der Waals surface area contributed by atoms with Crippen molar-refractivity contribution in [2.24, 2.45) is 5.84 Å². The van der Waals surface area contributed by atoms with Crippen LogP contribution in [0, 0.1) is 18.6 Å². The molecule has 0 aromatic carbocycles. The number of hydrazine groups is 1. The van der Waals surface area contributed by atoms with Gasteiger partial charge in [0, 0.05) is 24.5 Å². The minimum absolute atomic E-state index is 0.0741. The molecule has 0 saturated heterocycles. The fourth-order valence-corrected chi connectivity index (χ4v) is 1.48. The Morgan fingerprint density at radius 1 is 1.21 bits per heavy atom. The Morgan fingerprint density at radius 3 is 2.58 bits per heavy atom. The first-order chi connectivity index (χ1) is 9.10. The maximum atomic E-state index is 13.5. The van der Waals surface area contributed by atoms with Crippen LogP contribution in [0.15, 0.2) is 24.4 Å². The molecule has 0 spiro atoms. The van der Waals surface area contributed by atoms with Crippen LogP contribution < -0.4 is 16.6 Å². The van der Waals surface area contributed by atoms with E-state index in [1.165, 1.54) is 0 Å². The lowest BCUT2D eigenvalue weighted by Crippen LogP contribution is -2.13. The number of aromatic nitrogens is 2. The second-order valence-corrected chi connectivity index (χ2v) is 3.95. The molecule has 100 valence electrons. The highest BCUT2D eigenvalue weighted by molar-refractivity contribution is 5.47. The smallest absolute Gasteiger partial charge is 0.178 e. The first-order valence-corrected chi connectivity index (χ1v) is 5.58.